The van der Waals surface area contributed by atoms with Gasteiger partial charge in [0.25, 0.3) is 11.8 Å². The highest BCUT2D eigenvalue weighted by molar-refractivity contribution is 14.1. The molecule has 3 aromatic carbocycles. The summed E-state index contributed by atoms with van der Waals surface area (Å²) < 4.78 is 23.5. The minimum Gasteiger partial charge on any atom is -0.484 e. The van der Waals surface area contributed by atoms with Gasteiger partial charge in [0.1, 0.15) is 23.9 Å². The summed E-state index contributed by atoms with van der Waals surface area (Å²) in [6.45, 7) is 1.07. The van der Waals surface area contributed by atoms with Gasteiger partial charge in [0.2, 0.25) is 23.6 Å². The summed E-state index contributed by atoms with van der Waals surface area (Å²) in [6, 6.07) is 19.6. The average molecular weight is 1640 g/mol. The molecule has 2 aliphatic heterocycles. The number of carbonyl (C=O) groups is 11. The predicted octanol–water partition coefficient (Wildman–Crippen LogP) is 1.23. The number of thiocarbonyl (C=S) groups is 1. The lowest BCUT2D eigenvalue weighted by atomic mass is 10.0. The van der Waals surface area contributed by atoms with Gasteiger partial charge in [-0.05, 0) is 146 Å². The van der Waals surface area contributed by atoms with Gasteiger partial charge in [0.15, 0.2) is 11.7 Å². The highest BCUT2D eigenvalue weighted by atomic mass is 127. The van der Waals surface area contributed by atoms with Crippen molar-refractivity contribution in [1.82, 2.24) is 61.4 Å². The van der Waals surface area contributed by atoms with Crippen molar-refractivity contribution in [2.75, 3.05) is 156 Å². The Balaban J connectivity index is 0.917. The SMILES string of the molecule is N#C[C@H]1CCCN1C(=O)CNC(=O)c1ccnc2cc(OCC(=O)NCCOCCOCCOCCC(=O)N[C@@H](CCCCNC(=S)Nc3ccc(CC4CN(CC(=O)O)CCN(CC(=O)O)CCN(CC(=O)O)CCN4CC(=O)O)cc3)C(=O)N[C@@H](CCCCNC(=O)Cc3ccc(I)cc3)C(=O)O)ccc12. The molecule has 0 bridgehead atoms. The molecule has 34 nitrogen and oxygen atoms in total. The molecule has 2 fully saturated rings. The van der Waals surface area contributed by atoms with Gasteiger partial charge < -0.3 is 86.6 Å². The normalized spacial score (nSPS) is 15.9. The lowest BCUT2D eigenvalue weighted by molar-refractivity contribution is -0.142. The smallest absolute Gasteiger partial charge is 0.326 e. The van der Waals surface area contributed by atoms with Gasteiger partial charge in [-0.25, -0.2) is 4.79 Å². The third kappa shape index (κ3) is 33.9. The maximum atomic E-state index is 13.8. The summed E-state index contributed by atoms with van der Waals surface area (Å²) in [4.78, 5) is 151. The van der Waals surface area contributed by atoms with Crippen LogP contribution in [-0.4, -0.2) is 301 Å². The summed E-state index contributed by atoms with van der Waals surface area (Å²) in [5, 5.41) is 79.1. The van der Waals surface area contributed by atoms with E-state index in [-0.39, 0.29) is 167 Å². The Hall–Kier alpha value is -9.33. The zero-order valence-electron chi connectivity index (χ0n) is 60.1. The van der Waals surface area contributed by atoms with Crippen molar-refractivity contribution < 1.29 is 97.2 Å². The van der Waals surface area contributed by atoms with Crippen LogP contribution < -0.4 is 42.0 Å². The van der Waals surface area contributed by atoms with E-state index in [2.05, 4.69) is 70.9 Å². The molecule has 588 valence electrons. The summed E-state index contributed by atoms with van der Waals surface area (Å²) in [7, 11) is 0. The Labute approximate surface area is 644 Å². The molecule has 6 rings (SSSR count). The Bertz CT molecular complexity index is 3690. The first-order valence-corrected chi connectivity index (χ1v) is 37.1. The number of nitrogens with zero attached hydrogens (tertiary/aromatic N) is 7. The molecule has 0 aliphatic carbocycles. The first-order chi connectivity index (χ1) is 51.9. The molecule has 2 saturated heterocycles. The van der Waals surface area contributed by atoms with Crippen LogP contribution in [0.5, 0.6) is 5.75 Å². The molecule has 36 heteroatoms. The van der Waals surface area contributed by atoms with Crippen LogP contribution in [0.2, 0.25) is 0 Å². The molecule has 3 heterocycles. The van der Waals surface area contributed by atoms with Crippen LogP contribution in [0.25, 0.3) is 10.9 Å². The number of carboxylic acid groups (broad SMARTS) is 5. The first kappa shape index (κ1) is 87.6. The van der Waals surface area contributed by atoms with Crippen molar-refractivity contribution in [3.05, 3.63) is 99.3 Å². The number of amides is 6. The van der Waals surface area contributed by atoms with Gasteiger partial charge in [0.05, 0.1) is 95.9 Å². The largest absolute Gasteiger partial charge is 0.484 e. The number of halogens is 1. The highest BCUT2D eigenvalue weighted by Crippen LogP contribution is 2.24. The molecule has 2 aliphatic rings. The molecular weight excluding hydrogens is 1540 g/mol. The minimum absolute atomic E-state index is 0.0274. The number of unbranched alkanes of at least 4 members (excludes halogenated alkanes) is 2. The van der Waals surface area contributed by atoms with E-state index >= 15 is 0 Å². The van der Waals surface area contributed by atoms with E-state index in [1.54, 1.807) is 62.1 Å². The molecule has 1 aromatic heterocycles. The Kier molecular flexibility index (Phi) is 39.1. The van der Waals surface area contributed by atoms with Crippen LogP contribution in [0.3, 0.4) is 0 Å². The van der Waals surface area contributed by atoms with Gasteiger partial charge >= 0.3 is 29.8 Å². The number of fused-ring (bicyclic) bond motifs is 1. The van der Waals surface area contributed by atoms with E-state index in [9.17, 15) is 83.5 Å². The highest BCUT2D eigenvalue weighted by Gasteiger charge is 2.31. The second-order valence-corrected chi connectivity index (χ2v) is 27.4. The Morgan fingerprint density at radius 3 is 1.85 bits per heavy atom. The van der Waals surface area contributed by atoms with E-state index in [0.29, 0.717) is 79.6 Å². The van der Waals surface area contributed by atoms with Gasteiger partial charge in [-0.3, -0.25) is 72.5 Å². The minimum atomic E-state index is -1.29. The van der Waals surface area contributed by atoms with E-state index in [1.165, 1.54) is 17.2 Å². The third-order valence-corrected chi connectivity index (χ3v) is 18.4. The predicted molar refractivity (Wildman–Crippen MR) is 405 cm³/mol. The van der Waals surface area contributed by atoms with Crippen molar-refractivity contribution in [3.8, 4) is 11.8 Å². The Morgan fingerprint density at radius 1 is 0.611 bits per heavy atom. The molecular formula is C72H97IN14O20S. The standard InChI is InChI=1S/C72H97IN14O20S/c73-51-13-9-50(10-14-51)39-62(89)76-21-3-2-8-59(71(102)103)82-70(101)58(7-1-4-22-78-72(108)80-52-15-11-49(12-16-52)38-54-43-85(46-67(96)97)29-28-83(44-65(92)93)26-27-84(45-66(94)95)30-31-86(54)47-68(98)99)81-61(88)20-32-104-34-36-106-37-35-105-33-24-77-63(90)48-107-55-17-18-56-57(19-23-75-60(56)40-55)69(100)79-42-64(91)87-25-5-6-53(87)41-74/h9-19,23,40,53-54,58-59H,1-8,20-22,24-39,42-48H2,(H,76,89)(H,77,90)(H,79,100)(H,81,88)(H,82,101)(H,92,93)(H,94,95)(H,96,97)(H,98,99)(H,102,103)(H2,78,80,108)/t53-,54?,58+,59+/m1/s1. The number of aliphatic carboxylic acids is 5. The zero-order chi connectivity index (χ0) is 78.2. The van der Waals surface area contributed by atoms with Crippen molar-refractivity contribution in [2.45, 2.75) is 94.8 Å². The van der Waals surface area contributed by atoms with E-state index in [4.69, 9.17) is 31.2 Å². The fourth-order valence-electron chi connectivity index (χ4n) is 12.0. The van der Waals surface area contributed by atoms with E-state index < -0.39 is 90.7 Å². The van der Waals surface area contributed by atoms with E-state index in [0.717, 1.165) is 21.1 Å². The van der Waals surface area contributed by atoms with Crippen molar-refractivity contribution in [3.63, 3.8) is 0 Å². The molecule has 1 unspecified atom stereocenters. The molecule has 0 saturated carbocycles. The first-order valence-electron chi connectivity index (χ1n) is 35.7. The number of nitrogens with one attached hydrogen (secondary N) is 7. The maximum absolute atomic E-state index is 13.8. The number of aromatic nitrogens is 1. The van der Waals surface area contributed by atoms with Crippen LogP contribution in [0.1, 0.15) is 79.3 Å². The van der Waals surface area contributed by atoms with Crippen molar-refractivity contribution >= 4 is 122 Å². The second-order valence-electron chi connectivity index (χ2n) is 25.8. The number of nitriles is 1. The number of ether oxygens (including phenoxy) is 4. The average Bonchev–Trinajstić information content (AvgIpc) is 0.945. The molecule has 6 amide bonds. The van der Waals surface area contributed by atoms with Gasteiger partial charge in [0, 0.05) is 111 Å². The van der Waals surface area contributed by atoms with Crippen molar-refractivity contribution in [2.24, 2.45) is 0 Å². The van der Waals surface area contributed by atoms with Crippen molar-refractivity contribution in [1.29, 1.82) is 5.26 Å². The fraction of sp³-hybridized carbons (Fsp3) is 0.528. The monoisotopic (exact) mass is 1640 g/mol. The fourth-order valence-corrected chi connectivity index (χ4v) is 12.5. The molecule has 12 N–H and O–H groups in total. The Morgan fingerprint density at radius 2 is 1.20 bits per heavy atom. The molecule has 108 heavy (non-hydrogen) atoms. The maximum Gasteiger partial charge on any atom is 0.326 e. The van der Waals surface area contributed by atoms with Crippen LogP contribution in [0.4, 0.5) is 5.69 Å². The van der Waals surface area contributed by atoms with Gasteiger partial charge in [-0.15, -0.1) is 0 Å². The topological polar surface area (TPSA) is 463 Å². The molecule has 4 atom stereocenters. The summed E-state index contributed by atoms with van der Waals surface area (Å²) in [5.74, 6) is -8.03. The molecule has 0 radical (unpaired) electrons. The number of hydrogen-bond donors (Lipinski definition) is 12. The van der Waals surface area contributed by atoms with Crippen LogP contribution >= 0.6 is 34.8 Å². The summed E-state index contributed by atoms with van der Waals surface area (Å²) >= 11 is 7.77. The quantitative estimate of drug-likeness (QED) is 0.0168. The lowest BCUT2D eigenvalue weighted by Crippen LogP contribution is -2.53. The van der Waals surface area contributed by atoms with Crippen LogP contribution in [0, 0.1) is 14.9 Å². The van der Waals surface area contributed by atoms with E-state index in [1.807, 2.05) is 24.3 Å². The second kappa shape index (κ2) is 48.2. The molecule has 4 aromatic rings. The van der Waals surface area contributed by atoms with Gasteiger partial charge in [-0.2, -0.15) is 5.26 Å². The lowest BCUT2D eigenvalue weighted by Gasteiger charge is -2.37. The number of rotatable bonds is 45. The number of pyridine rings is 1. The number of benzene rings is 3. The van der Waals surface area contributed by atoms with Gasteiger partial charge in [-0.1, -0.05) is 24.3 Å². The number of carbonyl (C=O) groups excluding carboxylic acids is 6. The third-order valence-electron chi connectivity index (χ3n) is 17.5. The summed E-state index contributed by atoms with van der Waals surface area (Å²) in [6.07, 6.45) is 4.90. The van der Waals surface area contributed by atoms with Crippen LogP contribution in [0.15, 0.2) is 79.0 Å². The number of anilines is 1. The number of likely N-dealkylation sites (tertiary alicyclic amines) is 1. The summed E-state index contributed by atoms with van der Waals surface area (Å²) in [5.41, 5.74) is 2.93. The van der Waals surface area contributed by atoms with Crippen LogP contribution in [-0.2, 0) is 75.0 Å². The number of hydrogen-bond acceptors (Lipinski definition) is 22. The molecule has 0 spiro atoms. The number of carboxylic acids is 5. The zero-order valence-corrected chi connectivity index (χ0v) is 63.1.